The van der Waals surface area contributed by atoms with Gasteiger partial charge < -0.3 is 28.7 Å². The zero-order valence-electron chi connectivity index (χ0n) is 29.6. The number of fused-ring (bicyclic) bond motifs is 1. The minimum Gasteiger partial charge on any atom is -0.440 e. The van der Waals surface area contributed by atoms with Gasteiger partial charge in [0, 0.05) is 50.5 Å². The highest BCUT2D eigenvalue weighted by molar-refractivity contribution is 5.79. The summed E-state index contributed by atoms with van der Waals surface area (Å²) >= 11 is 0. The number of halogens is 1. The van der Waals surface area contributed by atoms with Crippen LogP contribution in [0.15, 0.2) is 60.8 Å². The minimum atomic E-state index is -0.427. The van der Waals surface area contributed by atoms with Gasteiger partial charge in [-0.2, -0.15) is 4.98 Å². The lowest BCUT2D eigenvalue weighted by molar-refractivity contribution is -0.0198. The number of nitrogens with zero attached hydrogens (tertiary/aromatic N) is 7. The van der Waals surface area contributed by atoms with Crippen molar-refractivity contribution in [2.45, 2.75) is 79.4 Å². The van der Waals surface area contributed by atoms with E-state index in [-0.39, 0.29) is 30.0 Å². The number of rotatable bonds is 11. The molecule has 3 heterocycles. The highest BCUT2D eigenvalue weighted by Gasteiger charge is 2.42. The lowest BCUT2D eigenvalue weighted by atomic mass is 9.75. The molecule has 48 heavy (non-hydrogen) atoms. The second-order valence-corrected chi connectivity index (χ2v) is 14.6. The summed E-state index contributed by atoms with van der Waals surface area (Å²) in [5.74, 6) is 1.86. The van der Waals surface area contributed by atoms with Crippen LogP contribution in [0.2, 0.25) is 0 Å². The van der Waals surface area contributed by atoms with E-state index in [2.05, 4.69) is 78.9 Å². The first kappa shape index (κ1) is 34.9. The fourth-order valence-electron chi connectivity index (χ4n) is 5.95. The summed E-state index contributed by atoms with van der Waals surface area (Å²) in [7, 11) is 2.00. The first-order chi connectivity index (χ1) is 22.7. The van der Waals surface area contributed by atoms with Crippen LogP contribution in [0.4, 0.5) is 21.1 Å². The van der Waals surface area contributed by atoms with Gasteiger partial charge in [-0.05, 0) is 67.9 Å². The number of para-hydroxylation sites is 2. The molecule has 1 fully saturated rings. The fraction of sp³-hybridized carbons (Fsp3) is 0.514. The maximum absolute atomic E-state index is 13.6. The molecule has 2 aromatic carbocycles. The molecule has 1 aliphatic heterocycles. The van der Waals surface area contributed by atoms with E-state index in [9.17, 15) is 9.18 Å². The number of hydrogen-bond donors (Lipinski definition) is 0. The predicted octanol–water partition coefficient (Wildman–Crippen LogP) is 7.37. The smallest absolute Gasteiger partial charge is 0.413 e. The van der Waals surface area contributed by atoms with E-state index in [0.29, 0.717) is 24.9 Å². The second kappa shape index (κ2) is 14.4. The molecule has 11 heteroatoms. The van der Waals surface area contributed by atoms with Crippen molar-refractivity contribution in [3.05, 3.63) is 72.2 Å². The van der Waals surface area contributed by atoms with Crippen LogP contribution in [0, 0.1) is 17.2 Å². The summed E-state index contributed by atoms with van der Waals surface area (Å²) in [6.45, 7) is 17.3. The zero-order valence-corrected chi connectivity index (χ0v) is 29.6. The number of benzene rings is 2. The molecule has 4 aromatic rings. The van der Waals surface area contributed by atoms with E-state index in [0.717, 1.165) is 48.5 Å². The largest absolute Gasteiger partial charge is 0.440 e. The van der Waals surface area contributed by atoms with Crippen molar-refractivity contribution in [3.8, 4) is 5.88 Å². The minimum absolute atomic E-state index is 0.150. The van der Waals surface area contributed by atoms with Crippen molar-refractivity contribution in [3.63, 3.8) is 0 Å². The molecule has 0 N–H and O–H groups in total. The molecule has 10 nitrogen and oxygen atoms in total. The molecule has 5 rings (SSSR count). The van der Waals surface area contributed by atoms with Gasteiger partial charge in [-0.25, -0.2) is 19.2 Å². The monoisotopic (exact) mass is 659 g/mol. The molecule has 0 radical (unpaired) electrons. The fourth-order valence-corrected chi connectivity index (χ4v) is 5.95. The van der Waals surface area contributed by atoms with Crippen molar-refractivity contribution in [2.75, 3.05) is 43.3 Å². The summed E-state index contributed by atoms with van der Waals surface area (Å²) in [6.07, 6.45) is 3.03. The van der Waals surface area contributed by atoms with Crippen LogP contribution in [0.5, 0.6) is 5.88 Å². The van der Waals surface area contributed by atoms with Crippen LogP contribution in [0.1, 0.15) is 66.9 Å². The molecule has 0 saturated carbocycles. The van der Waals surface area contributed by atoms with Crippen LogP contribution < -0.4 is 14.5 Å². The Kier molecular flexibility index (Phi) is 10.5. The molecule has 0 unspecified atom stereocenters. The maximum Gasteiger partial charge on any atom is 0.413 e. The third-order valence-corrected chi connectivity index (χ3v) is 9.78. The molecule has 1 saturated heterocycles. The van der Waals surface area contributed by atoms with Crippen LogP contribution in [0.25, 0.3) is 11.0 Å². The number of amides is 1. The molecule has 1 amide bonds. The van der Waals surface area contributed by atoms with E-state index in [1.165, 1.54) is 12.1 Å². The average Bonchev–Trinajstić information content (AvgIpc) is 3.42. The van der Waals surface area contributed by atoms with Crippen molar-refractivity contribution in [2.24, 2.45) is 11.3 Å². The van der Waals surface area contributed by atoms with Crippen LogP contribution in [-0.4, -0.2) is 75.6 Å². The van der Waals surface area contributed by atoms with Crippen molar-refractivity contribution < 1.29 is 18.7 Å². The van der Waals surface area contributed by atoms with Gasteiger partial charge in [0.1, 0.15) is 5.82 Å². The Morgan fingerprint density at radius 2 is 1.69 bits per heavy atom. The summed E-state index contributed by atoms with van der Waals surface area (Å²) in [5, 5.41) is 0. The van der Waals surface area contributed by atoms with E-state index in [1.54, 1.807) is 17.2 Å². The Bertz CT molecular complexity index is 1670. The Balaban J connectivity index is 1.20. The molecular formula is C37H50FN7O3. The standard InChI is InChI=1S/C37H50FN7O3/c1-26(2)23-45(37(6,7)36(3,4)5)35(46)48-25-47-32-17-20-39-33(41-32)42(8)29-18-21-43(22-19-29)34-40-30-11-9-10-12-31(30)44(34)24-27-13-15-28(38)16-14-27/h9-17,20,26,29H,18-19,21-25H2,1-8H3. The lowest BCUT2D eigenvalue weighted by Crippen LogP contribution is -2.56. The zero-order chi connectivity index (χ0) is 34.6. The van der Waals surface area contributed by atoms with Crippen molar-refractivity contribution >= 4 is 29.0 Å². The first-order valence-electron chi connectivity index (χ1n) is 16.8. The van der Waals surface area contributed by atoms with Gasteiger partial charge in [-0.1, -0.05) is 58.9 Å². The van der Waals surface area contributed by atoms with Crippen LogP contribution >= 0.6 is 0 Å². The van der Waals surface area contributed by atoms with Gasteiger partial charge in [0.15, 0.2) is 0 Å². The normalized spacial score (nSPS) is 14.4. The topological polar surface area (TPSA) is 88.9 Å². The van der Waals surface area contributed by atoms with Gasteiger partial charge in [0.25, 0.3) is 0 Å². The Morgan fingerprint density at radius 3 is 2.35 bits per heavy atom. The van der Waals surface area contributed by atoms with Gasteiger partial charge in [-0.15, -0.1) is 0 Å². The number of imidazole rings is 1. The number of ether oxygens (including phenoxy) is 2. The SMILES string of the molecule is CC(C)CN(C(=O)OCOc1ccnc(N(C)C2CCN(c3nc4ccccc4n3Cc3ccc(F)cc3)CC2)n1)C(C)(C)C(C)(C)C. The molecule has 0 spiro atoms. The van der Waals surface area contributed by atoms with E-state index < -0.39 is 11.6 Å². The number of aromatic nitrogens is 4. The van der Waals surface area contributed by atoms with Crippen LogP contribution in [-0.2, 0) is 11.3 Å². The highest BCUT2D eigenvalue weighted by atomic mass is 19.1. The molecule has 1 aliphatic rings. The highest BCUT2D eigenvalue weighted by Crippen LogP contribution is 2.36. The van der Waals surface area contributed by atoms with E-state index in [1.807, 2.05) is 37.4 Å². The number of carbonyl (C=O) groups excluding carboxylic acids is 1. The summed E-state index contributed by atoms with van der Waals surface area (Å²) in [4.78, 5) is 33.6. The third kappa shape index (κ3) is 7.82. The number of carbonyl (C=O) groups is 1. The lowest BCUT2D eigenvalue weighted by Gasteiger charge is -2.47. The van der Waals surface area contributed by atoms with Crippen molar-refractivity contribution in [1.29, 1.82) is 0 Å². The maximum atomic E-state index is 13.6. The van der Waals surface area contributed by atoms with Gasteiger partial charge >= 0.3 is 6.09 Å². The second-order valence-electron chi connectivity index (χ2n) is 14.6. The van der Waals surface area contributed by atoms with Crippen molar-refractivity contribution in [1.82, 2.24) is 24.4 Å². The summed E-state index contributed by atoms with van der Waals surface area (Å²) < 4.78 is 27.2. The van der Waals surface area contributed by atoms with E-state index >= 15 is 0 Å². The molecule has 0 aliphatic carbocycles. The molecule has 0 atom stereocenters. The number of anilines is 2. The third-order valence-electron chi connectivity index (χ3n) is 9.78. The quantitative estimate of drug-likeness (QED) is 0.154. The van der Waals surface area contributed by atoms with Gasteiger partial charge in [0.05, 0.1) is 17.6 Å². The Hall–Kier alpha value is -4.41. The Labute approximate surface area is 283 Å². The Morgan fingerprint density at radius 1 is 1.00 bits per heavy atom. The molecular weight excluding hydrogens is 609 g/mol. The van der Waals surface area contributed by atoms with Gasteiger partial charge in [0.2, 0.25) is 24.6 Å². The molecule has 2 aromatic heterocycles. The molecule has 258 valence electrons. The van der Waals surface area contributed by atoms with E-state index in [4.69, 9.17) is 14.5 Å². The summed E-state index contributed by atoms with van der Waals surface area (Å²) in [5.41, 5.74) is 2.44. The summed E-state index contributed by atoms with van der Waals surface area (Å²) in [6, 6.07) is 16.7. The first-order valence-corrected chi connectivity index (χ1v) is 16.8. The van der Waals surface area contributed by atoms with Crippen LogP contribution in [0.3, 0.4) is 0 Å². The predicted molar refractivity (Wildman–Crippen MR) is 188 cm³/mol. The average molecular weight is 660 g/mol. The number of piperidine rings is 1. The number of hydrogen-bond acceptors (Lipinski definition) is 8. The molecule has 0 bridgehead atoms. The van der Waals surface area contributed by atoms with Gasteiger partial charge in [-0.3, -0.25) is 0 Å².